The summed E-state index contributed by atoms with van der Waals surface area (Å²) in [6, 6.07) is 146. The summed E-state index contributed by atoms with van der Waals surface area (Å²) in [5, 5.41) is 12.2. The summed E-state index contributed by atoms with van der Waals surface area (Å²) in [5.41, 5.74) is 39.0. The van der Waals surface area contributed by atoms with Crippen LogP contribution in [0.1, 0.15) is 51.4 Å². The summed E-state index contributed by atoms with van der Waals surface area (Å²) in [5.74, 6) is 0. The van der Waals surface area contributed by atoms with E-state index in [1.165, 1.54) is 182 Å². The van der Waals surface area contributed by atoms with Crippen molar-refractivity contribution in [2.24, 2.45) is 0 Å². The fraction of sp³-hybridized carbons (Fsp3) is 0.0265. The van der Waals surface area contributed by atoms with Crippen LogP contribution in [0.15, 0.2) is 412 Å². The smallest absolute Gasteiger partial charge is 0.0726 e. The summed E-state index contributed by atoms with van der Waals surface area (Å²) >= 11 is 0. The Morgan fingerprint density at radius 2 is 0.543 bits per heavy atom. The lowest BCUT2D eigenvalue weighted by molar-refractivity contribution is 0.792. The maximum absolute atomic E-state index is 2.51. The largest absolute Gasteiger partial charge is 0.316 e. The first-order valence-corrected chi connectivity index (χ1v) is 40.6. The molecule has 116 heavy (non-hydrogen) atoms. The van der Waals surface area contributed by atoms with Crippen LogP contribution in [0.3, 0.4) is 0 Å². The highest BCUT2D eigenvalue weighted by Crippen LogP contribution is 2.65. The van der Waals surface area contributed by atoms with Crippen molar-refractivity contribution >= 4 is 98.7 Å². The van der Waals surface area contributed by atoms with Crippen LogP contribution in [-0.2, 0) is 10.8 Å². The number of hydrogen-bond acceptors (Lipinski definition) is 0. The Kier molecular flexibility index (Phi) is 13.7. The third-order valence-corrected chi connectivity index (χ3v) is 26.5. The van der Waals surface area contributed by atoms with Crippen LogP contribution < -0.4 is 0 Å². The molecule has 4 aliphatic carbocycles. The van der Waals surface area contributed by atoms with Gasteiger partial charge in [0, 0.05) is 49.9 Å². The average molecular weight is 1470 g/mol. The van der Waals surface area contributed by atoms with E-state index in [9.17, 15) is 0 Å². The molecule has 0 aliphatic heterocycles. The van der Waals surface area contributed by atoms with Gasteiger partial charge in [-0.15, -0.1) is 0 Å². The van der Waals surface area contributed by atoms with Crippen molar-refractivity contribution in [3.63, 3.8) is 0 Å². The molecule has 0 unspecified atom stereocenters. The predicted molar refractivity (Wildman–Crippen MR) is 486 cm³/mol. The number of aromatic nitrogens is 3. The van der Waals surface area contributed by atoms with Crippen molar-refractivity contribution in [3.8, 4) is 89.3 Å². The van der Waals surface area contributed by atoms with Gasteiger partial charge in [-0.05, 0) is 253 Å². The second-order valence-electron chi connectivity index (χ2n) is 31.9. The van der Waals surface area contributed by atoms with E-state index in [-0.39, 0.29) is 0 Å². The van der Waals surface area contributed by atoms with Gasteiger partial charge in [-0.3, -0.25) is 0 Å². The number of fused-ring (bicyclic) bond motifs is 28. The summed E-state index contributed by atoms with van der Waals surface area (Å²) < 4.78 is 7.38. The number of para-hydroxylation sites is 2. The van der Waals surface area contributed by atoms with E-state index < -0.39 is 10.8 Å². The second-order valence-corrected chi connectivity index (χ2v) is 31.9. The number of benzene rings is 18. The molecule has 4 aliphatic rings. The Morgan fingerprint density at radius 3 is 1.03 bits per heavy atom. The molecule has 0 saturated carbocycles. The Bertz CT molecular complexity index is 7790. The summed E-state index contributed by atoms with van der Waals surface area (Å²) in [6.07, 6.45) is 9.27. The zero-order valence-corrected chi connectivity index (χ0v) is 63.6. The normalized spacial score (nSPS) is 14.6. The van der Waals surface area contributed by atoms with Crippen molar-refractivity contribution < 1.29 is 0 Å². The molecule has 25 rings (SSSR count). The third-order valence-electron chi connectivity index (χ3n) is 26.5. The highest BCUT2D eigenvalue weighted by atomic mass is 15.0. The van der Waals surface area contributed by atoms with Crippen molar-refractivity contribution in [2.75, 3.05) is 0 Å². The minimum atomic E-state index is -0.454. The minimum Gasteiger partial charge on any atom is -0.316 e. The van der Waals surface area contributed by atoms with Crippen LogP contribution in [0.5, 0.6) is 0 Å². The molecule has 3 heterocycles. The highest BCUT2D eigenvalue weighted by Gasteiger charge is 2.54. The summed E-state index contributed by atoms with van der Waals surface area (Å²) in [4.78, 5) is 0. The molecule has 3 heteroatoms. The Hall–Kier alpha value is -14.9. The van der Waals surface area contributed by atoms with E-state index in [0.717, 1.165) is 50.1 Å². The first kappa shape index (κ1) is 64.7. The van der Waals surface area contributed by atoms with E-state index in [0.29, 0.717) is 0 Å². The van der Waals surface area contributed by atoms with Crippen molar-refractivity contribution in [3.05, 3.63) is 457 Å². The van der Waals surface area contributed by atoms with E-state index in [1.807, 2.05) is 0 Å². The fourth-order valence-electron chi connectivity index (χ4n) is 21.9. The van der Waals surface area contributed by atoms with Crippen molar-refractivity contribution in [1.82, 2.24) is 13.7 Å². The molecule has 0 atom stereocenters. The molecular formula is C113H71N3. The number of hydrogen-bond donors (Lipinski definition) is 0. The quantitative estimate of drug-likeness (QED) is 0.135. The van der Waals surface area contributed by atoms with Gasteiger partial charge in [0.1, 0.15) is 0 Å². The molecule has 3 aromatic heterocycles. The lowest BCUT2D eigenvalue weighted by Gasteiger charge is -2.30. The minimum absolute atomic E-state index is 0.404. The molecule has 21 aromatic rings. The van der Waals surface area contributed by atoms with Gasteiger partial charge in [0.2, 0.25) is 0 Å². The third kappa shape index (κ3) is 8.75. The SMILES string of the molecule is CC=C1/C(=C\C=C\n2c3ccccc3c3cc(-c4ccc5c(c4)c4cc(-c6ccc7c(c6)c6ccccc6n7-c6ccc7c(c6)C6(c8ccccc8-c8ccccc86)c6ccccc6-7)ccc4n5-c4ccc(-c5c6ccccc6c(-c6ccccc6)c6ccccc56)cc4)ccc32)c2ccccc2C12c1ccccc1-c1ccccc12. The first-order chi connectivity index (χ1) is 57.5. The number of rotatable bonds is 8. The van der Waals surface area contributed by atoms with Crippen LogP contribution >= 0.6 is 0 Å². The van der Waals surface area contributed by atoms with Crippen LogP contribution in [0.4, 0.5) is 0 Å². The fourth-order valence-corrected chi connectivity index (χ4v) is 21.9. The van der Waals surface area contributed by atoms with Gasteiger partial charge < -0.3 is 13.7 Å². The molecular weight excluding hydrogens is 1400 g/mol. The molecule has 18 aromatic carbocycles. The summed E-state index contributed by atoms with van der Waals surface area (Å²) in [6.45, 7) is 2.22. The molecule has 0 saturated heterocycles. The van der Waals surface area contributed by atoms with Gasteiger partial charge >= 0.3 is 0 Å². The zero-order valence-electron chi connectivity index (χ0n) is 63.6. The lowest BCUT2D eigenvalue weighted by Crippen LogP contribution is -2.26. The van der Waals surface area contributed by atoms with Crippen LogP contribution in [0.2, 0.25) is 0 Å². The van der Waals surface area contributed by atoms with Crippen LogP contribution in [0.25, 0.3) is 188 Å². The van der Waals surface area contributed by atoms with Crippen LogP contribution in [-0.4, -0.2) is 13.7 Å². The highest BCUT2D eigenvalue weighted by molar-refractivity contribution is 6.22. The second kappa shape index (κ2) is 24.6. The maximum atomic E-state index is 2.51. The van der Waals surface area contributed by atoms with E-state index >= 15 is 0 Å². The van der Waals surface area contributed by atoms with Gasteiger partial charge in [0.25, 0.3) is 0 Å². The lowest BCUT2D eigenvalue weighted by atomic mass is 9.70. The Balaban J connectivity index is 0.632. The standard InChI is InChI=1S/C113H71N3/c1-2-96-78(79-29-10-18-42-97(79)112(96)98-43-19-11-30-80(98)81-31-12-20-44-99(81)112)41-26-64-114-104-48-24-16-35-86(104)92-65-72(52-60-105(92)114)74-54-62-108-94(67-74)95-68-75(55-63-109(95)115(108)76-56-50-71(51-57-76)111-90-39-8-6-37-88(90)110(70-27-4-3-5-28-70)89-38-7-9-40-91(89)111)73-53-61-107-93(66-73)87-36-17-25-49-106(87)116(107)77-58-59-85-84-34-15-23-47-102(84)113(103(85)69-77)100-45-21-13-32-82(100)83-33-14-22-46-101(83)113/h2-69H,1H3/b64-26+,78-41-,96-2?. The van der Waals surface area contributed by atoms with Crippen molar-refractivity contribution in [1.29, 1.82) is 0 Å². The summed E-state index contributed by atoms with van der Waals surface area (Å²) in [7, 11) is 0. The molecule has 0 bridgehead atoms. The van der Waals surface area contributed by atoms with Gasteiger partial charge in [-0.1, -0.05) is 315 Å². The van der Waals surface area contributed by atoms with E-state index in [1.54, 1.807) is 0 Å². The van der Waals surface area contributed by atoms with Gasteiger partial charge in [0.15, 0.2) is 0 Å². The number of nitrogens with zero attached hydrogens (tertiary/aromatic N) is 3. The average Bonchev–Trinajstić information content (AvgIpc) is 1.52. The van der Waals surface area contributed by atoms with Crippen molar-refractivity contribution in [2.45, 2.75) is 17.8 Å². The van der Waals surface area contributed by atoms with Gasteiger partial charge in [-0.2, -0.15) is 0 Å². The molecule has 0 amide bonds. The first-order valence-electron chi connectivity index (χ1n) is 40.6. The predicted octanol–water partition coefficient (Wildman–Crippen LogP) is 29.1. The van der Waals surface area contributed by atoms with E-state index in [4.69, 9.17) is 0 Å². The molecule has 0 fully saturated rings. The molecule has 3 nitrogen and oxygen atoms in total. The van der Waals surface area contributed by atoms with E-state index in [2.05, 4.69) is 433 Å². The van der Waals surface area contributed by atoms with Gasteiger partial charge in [-0.25, -0.2) is 0 Å². The monoisotopic (exact) mass is 1470 g/mol. The number of allylic oxidation sites excluding steroid dienone is 5. The molecule has 2 spiro atoms. The zero-order chi connectivity index (χ0) is 76.1. The van der Waals surface area contributed by atoms with Gasteiger partial charge in [0.05, 0.1) is 43.9 Å². The molecule has 538 valence electrons. The Morgan fingerprint density at radius 1 is 0.224 bits per heavy atom. The molecule has 0 N–H and O–H groups in total. The van der Waals surface area contributed by atoms with Crippen LogP contribution in [0, 0.1) is 0 Å². The molecule has 0 radical (unpaired) electrons. The Labute approximate surface area is 671 Å². The topological polar surface area (TPSA) is 14.8 Å². The maximum Gasteiger partial charge on any atom is 0.0726 e.